The van der Waals surface area contributed by atoms with Crippen molar-refractivity contribution < 1.29 is 4.74 Å². The van der Waals surface area contributed by atoms with E-state index in [1.54, 1.807) is 7.11 Å². The van der Waals surface area contributed by atoms with E-state index < -0.39 is 0 Å². The Kier molecular flexibility index (Phi) is 3.50. The highest BCUT2D eigenvalue weighted by molar-refractivity contribution is 5.79. The fraction of sp³-hybridized carbons (Fsp3) is 0.118. The summed E-state index contributed by atoms with van der Waals surface area (Å²) in [7, 11) is 1.67. The van der Waals surface area contributed by atoms with Gasteiger partial charge in [0.1, 0.15) is 11.6 Å². The molecule has 0 atom stereocenters. The first-order valence-electron chi connectivity index (χ1n) is 6.49. The van der Waals surface area contributed by atoms with Crippen LogP contribution in [-0.4, -0.2) is 12.1 Å². The molecule has 3 nitrogen and oxygen atoms in total. The predicted octanol–water partition coefficient (Wildman–Crippen LogP) is 3.66. The number of methoxy groups -OCH3 is 1. The van der Waals surface area contributed by atoms with Crippen molar-refractivity contribution in [2.24, 2.45) is 0 Å². The van der Waals surface area contributed by atoms with E-state index in [-0.39, 0.29) is 0 Å². The van der Waals surface area contributed by atoms with Crippen LogP contribution in [0.15, 0.2) is 54.6 Å². The lowest BCUT2D eigenvalue weighted by atomic mass is 10.2. The number of nitrogens with zero attached hydrogens (tertiary/aromatic N) is 1. The van der Waals surface area contributed by atoms with Gasteiger partial charge in [0.2, 0.25) is 0 Å². The maximum Gasteiger partial charge on any atom is 0.126 e. The smallest absolute Gasteiger partial charge is 0.126 e. The molecule has 3 rings (SSSR count). The third-order valence-electron chi connectivity index (χ3n) is 3.15. The lowest BCUT2D eigenvalue weighted by molar-refractivity contribution is 0.414. The van der Waals surface area contributed by atoms with Crippen molar-refractivity contribution in [2.45, 2.75) is 6.54 Å². The van der Waals surface area contributed by atoms with Gasteiger partial charge >= 0.3 is 0 Å². The van der Waals surface area contributed by atoms with E-state index in [9.17, 15) is 0 Å². The number of hydrogen-bond acceptors (Lipinski definition) is 3. The number of aromatic nitrogens is 1. The Morgan fingerprint density at radius 2 is 1.95 bits per heavy atom. The number of anilines is 1. The van der Waals surface area contributed by atoms with Crippen molar-refractivity contribution in [1.29, 1.82) is 0 Å². The first kappa shape index (κ1) is 12.5. The highest BCUT2D eigenvalue weighted by Gasteiger charge is 1.99. The fourth-order valence-electron chi connectivity index (χ4n) is 2.03. The molecule has 1 radical (unpaired) electrons. The second-order valence-electron chi connectivity index (χ2n) is 4.51. The van der Waals surface area contributed by atoms with Gasteiger partial charge in [-0.2, -0.15) is 0 Å². The summed E-state index contributed by atoms with van der Waals surface area (Å²) in [6.45, 7) is 0.731. The van der Waals surface area contributed by atoms with E-state index in [1.807, 2.05) is 48.5 Å². The predicted molar refractivity (Wildman–Crippen MR) is 80.9 cm³/mol. The van der Waals surface area contributed by atoms with Crippen LogP contribution in [0, 0.1) is 6.07 Å². The number of benzene rings is 2. The lowest BCUT2D eigenvalue weighted by Gasteiger charge is -2.07. The minimum atomic E-state index is 0.731. The summed E-state index contributed by atoms with van der Waals surface area (Å²) in [4.78, 5) is 4.53. The van der Waals surface area contributed by atoms with E-state index in [0.29, 0.717) is 0 Å². The van der Waals surface area contributed by atoms with Gasteiger partial charge in [0.15, 0.2) is 0 Å². The number of fused-ring (bicyclic) bond motifs is 1. The molecule has 1 heterocycles. The molecule has 1 aromatic heterocycles. The third kappa shape index (κ3) is 2.72. The highest BCUT2D eigenvalue weighted by Crippen LogP contribution is 2.16. The number of nitrogens with one attached hydrogen (secondary N) is 1. The molecule has 0 aliphatic carbocycles. The van der Waals surface area contributed by atoms with Crippen LogP contribution in [0.5, 0.6) is 5.75 Å². The van der Waals surface area contributed by atoms with Crippen molar-refractivity contribution in [3.8, 4) is 5.75 Å². The molecule has 20 heavy (non-hydrogen) atoms. The molecule has 0 aliphatic heterocycles. The van der Waals surface area contributed by atoms with Crippen LogP contribution >= 0.6 is 0 Å². The summed E-state index contributed by atoms with van der Waals surface area (Å²) in [6, 6.07) is 21.0. The topological polar surface area (TPSA) is 34.1 Å². The van der Waals surface area contributed by atoms with Crippen LogP contribution in [0.3, 0.4) is 0 Å². The minimum absolute atomic E-state index is 0.731. The average Bonchev–Trinajstić information content (AvgIpc) is 2.53. The van der Waals surface area contributed by atoms with Crippen LogP contribution in [0.4, 0.5) is 5.82 Å². The van der Waals surface area contributed by atoms with Crippen LogP contribution in [0.25, 0.3) is 10.9 Å². The van der Waals surface area contributed by atoms with E-state index in [0.717, 1.165) is 29.0 Å². The maximum absolute atomic E-state index is 5.14. The molecule has 0 bridgehead atoms. The van der Waals surface area contributed by atoms with Crippen LogP contribution < -0.4 is 10.1 Å². The van der Waals surface area contributed by atoms with Gasteiger partial charge in [-0.3, -0.25) is 0 Å². The molecular formula is C17H15N2O. The monoisotopic (exact) mass is 263 g/mol. The summed E-state index contributed by atoms with van der Waals surface area (Å²) >= 11 is 0. The number of para-hydroxylation sites is 1. The Hall–Kier alpha value is -2.55. The SMILES string of the molecule is COc1ccc(CNc2ccc3ccc[c]c3n2)cc1. The van der Waals surface area contributed by atoms with E-state index in [4.69, 9.17) is 4.74 Å². The summed E-state index contributed by atoms with van der Waals surface area (Å²) < 4.78 is 5.14. The van der Waals surface area contributed by atoms with Gasteiger partial charge < -0.3 is 10.1 Å². The average molecular weight is 263 g/mol. The molecule has 0 amide bonds. The Labute approximate surface area is 118 Å². The first-order valence-corrected chi connectivity index (χ1v) is 6.49. The zero-order valence-corrected chi connectivity index (χ0v) is 11.3. The molecular weight excluding hydrogens is 248 g/mol. The Balaban J connectivity index is 1.72. The molecule has 3 heteroatoms. The van der Waals surface area contributed by atoms with E-state index in [1.165, 1.54) is 5.56 Å². The number of rotatable bonds is 4. The van der Waals surface area contributed by atoms with Crippen molar-refractivity contribution >= 4 is 16.7 Å². The highest BCUT2D eigenvalue weighted by atomic mass is 16.5. The van der Waals surface area contributed by atoms with Crippen LogP contribution in [0.1, 0.15) is 5.56 Å². The van der Waals surface area contributed by atoms with Gasteiger partial charge in [-0.15, -0.1) is 0 Å². The van der Waals surface area contributed by atoms with Crippen molar-refractivity contribution in [1.82, 2.24) is 4.98 Å². The molecule has 3 aromatic rings. The minimum Gasteiger partial charge on any atom is -0.497 e. The molecule has 0 aliphatic rings. The van der Waals surface area contributed by atoms with Gasteiger partial charge in [-0.25, -0.2) is 4.98 Å². The van der Waals surface area contributed by atoms with Gasteiger partial charge in [0.25, 0.3) is 0 Å². The normalized spacial score (nSPS) is 10.4. The zero-order valence-electron chi connectivity index (χ0n) is 11.3. The van der Waals surface area contributed by atoms with Crippen molar-refractivity contribution in [2.75, 3.05) is 12.4 Å². The quantitative estimate of drug-likeness (QED) is 0.780. The third-order valence-corrected chi connectivity index (χ3v) is 3.15. The van der Waals surface area contributed by atoms with Gasteiger partial charge in [-0.1, -0.05) is 30.3 Å². The Bertz CT molecular complexity index is 708. The number of hydrogen-bond donors (Lipinski definition) is 1. The van der Waals surface area contributed by atoms with Crippen molar-refractivity contribution in [3.63, 3.8) is 0 Å². The summed E-state index contributed by atoms with van der Waals surface area (Å²) in [6.07, 6.45) is 0. The molecule has 2 aromatic carbocycles. The molecule has 1 N–H and O–H groups in total. The summed E-state index contributed by atoms with van der Waals surface area (Å²) in [5, 5.41) is 4.42. The van der Waals surface area contributed by atoms with Gasteiger partial charge in [0.05, 0.1) is 12.6 Å². The van der Waals surface area contributed by atoms with Gasteiger partial charge in [0, 0.05) is 18.0 Å². The number of pyridine rings is 1. The fourth-order valence-corrected chi connectivity index (χ4v) is 2.03. The maximum atomic E-state index is 5.14. The Morgan fingerprint density at radius 3 is 2.75 bits per heavy atom. The summed E-state index contributed by atoms with van der Waals surface area (Å²) in [5.74, 6) is 1.72. The van der Waals surface area contributed by atoms with E-state index in [2.05, 4.69) is 22.4 Å². The molecule has 0 unspecified atom stereocenters. The lowest BCUT2D eigenvalue weighted by Crippen LogP contribution is -2.01. The zero-order chi connectivity index (χ0) is 13.8. The standard InChI is InChI=1S/C17H15N2O/c1-20-15-9-6-13(7-10-15)12-18-17-11-8-14-4-2-3-5-16(14)19-17/h2-4,6-11H,12H2,1H3,(H,18,19). The molecule has 0 fully saturated rings. The first-order chi connectivity index (χ1) is 9.85. The van der Waals surface area contributed by atoms with Crippen molar-refractivity contribution in [3.05, 3.63) is 66.2 Å². The second kappa shape index (κ2) is 5.61. The molecule has 0 saturated carbocycles. The number of ether oxygens (including phenoxy) is 1. The second-order valence-corrected chi connectivity index (χ2v) is 4.51. The largest absolute Gasteiger partial charge is 0.497 e. The van der Waals surface area contributed by atoms with Gasteiger partial charge in [-0.05, 0) is 29.8 Å². The molecule has 0 spiro atoms. The van der Waals surface area contributed by atoms with Crippen LogP contribution in [-0.2, 0) is 6.54 Å². The summed E-state index contributed by atoms with van der Waals surface area (Å²) in [5.41, 5.74) is 2.07. The Morgan fingerprint density at radius 1 is 1.10 bits per heavy atom. The molecule has 0 saturated heterocycles. The van der Waals surface area contributed by atoms with E-state index >= 15 is 0 Å². The molecule has 99 valence electrons. The van der Waals surface area contributed by atoms with Crippen LogP contribution in [0.2, 0.25) is 0 Å².